The summed E-state index contributed by atoms with van der Waals surface area (Å²) in [5, 5.41) is 3.62. The van der Waals surface area contributed by atoms with Crippen LogP contribution >= 0.6 is 0 Å². The Morgan fingerprint density at radius 2 is 1.79 bits per heavy atom. The van der Waals surface area contributed by atoms with Crippen molar-refractivity contribution in [3.63, 3.8) is 0 Å². The van der Waals surface area contributed by atoms with Crippen LogP contribution in [0.15, 0.2) is 48.5 Å². The number of nitrogens with zero attached hydrogens (tertiary/aromatic N) is 2. The normalized spacial score (nSPS) is 15.8. The number of ether oxygens (including phenoxy) is 3. The Hall–Kier alpha value is -3.81. The standard InChI is InChI=1S/C25H25N3O5/c1-16(24(29)26-18-8-9-21-22(15-18)32-13-12-31-21)33-25(30)19-14-17-6-2-3-7-20(17)27-23(19)28-10-4-5-11-28/h2-3,6-9,14-16H,4-5,10-13H2,1H3,(H,26,29). The summed E-state index contributed by atoms with van der Waals surface area (Å²) in [7, 11) is 0. The van der Waals surface area contributed by atoms with Crippen molar-refractivity contribution < 1.29 is 23.8 Å². The molecular formula is C25H25N3O5. The first kappa shape index (κ1) is 21.1. The first-order valence-corrected chi connectivity index (χ1v) is 11.1. The molecule has 8 heteroatoms. The third-order valence-electron chi connectivity index (χ3n) is 5.79. The summed E-state index contributed by atoms with van der Waals surface area (Å²) in [4.78, 5) is 32.7. The number of hydrogen-bond acceptors (Lipinski definition) is 7. The Labute approximate surface area is 191 Å². The number of anilines is 2. The lowest BCUT2D eigenvalue weighted by Gasteiger charge is -2.21. The first-order valence-electron chi connectivity index (χ1n) is 11.1. The third kappa shape index (κ3) is 4.41. The van der Waals surface area contributed by atoms with Crippen LogP contribution in [0.2, 0.25) is 0 Å². The molecule has 1 N–H and O–H groups in total. The molecule has 170 valence electrons. The Bertz CT molecular complexity index is 1210. The van der Waals surface area contributed by atoms with Gasteiger partial charge in [0.25, 0.3) is 5.91 Å². The van der Waals surface area contributed by atoms with Crippen molar-refractivity contribution in [1.29, 1.82) is 0 Å². The number of pyridine rings is 1. The van der Waals surface area contributed by atoms with Crippen LogP contribution in [0.4, 0.5) is 11.5 Å². The van der Waals surface area contributed by atoms with E-state index in [1.54, 1.807) is 31.2 Å². The van der Waals surface area contributed by atoms with E-state index in [9.17, 15) is 9.59 Å². The van der Waals surface area contributed by atoms with Crippen molar-refractivity contribution in [1.82, 2.24) is 4.98 Å². The van der Waals surface area contributed by atoms with Gasteiger partial charge in [-0.3, -0.25) is 4.79 Å². The number of amides is 1. The molecule has 0 radical (unpaired) electrons. The number of aromatic nitrogens is 1. The molecule has 3 heterocycles. The fourth-order valence-electron chi connectivity index (χ4n) is 4.07. The van der Waals surface area contributed by atoms with Gasteiger partial charge in [0.2, 0.25) is 0 Å². The molecule has 1 atom stereocenters. The first-order chi connectivity index (χ1) is 16.1. The molecule has 3 aromatic rings. The van der Waals surface area contributed by atoms with E-state index in [1.165, 1.54) is 0 Å². The molecule has 2 aliphatic heterocycles. The summed E-state index contributed by atoms with van der Waals surface area (Å²) in [6.07, 6.45) is 1.11. The SMILES string of the molecule is CC(OC(=O)c1cc2ccccc2nc1N1CCCC1)C(=O)Nc1ccc2c(c1)OCCO2. The maximum atomic E-state index is 13.1. The van der Waals surface area contributed by atoms with E-state index >= 15 is 0 Å². The Morgan fingerprint density at radius 3 is 2.61 bits per heavy atom. The van der Waals surface area contributed by atoms with E-state index in [4.69, 9.17) is 19.2 Å². The lowest BCUT2D eigenvalue weighted by molar-refractivity contribution is -0.123. The average molecular weight is 447 g/mol. The van der Waals surface area contributed by atoms with Gasteiger partial charge in [-0.15, -0.1) is 0 Å². The van der Waals surface area contributed by atoms with Gasteiger partial charge in [-0.05, 0) is 44.0 Å². The van der Waals surface area contributed by atoms with Crippen LogP contribution in [0.1, 0.15) is 30.1 Å². The highest BCUT2D eigenvalue weighted by Gasteiger charge is 2.26. The molecule has 0 saturated carbocycles. The molecule has 8 nitrogen and oxygen atoms in total. The fourth-order valence-corrected chi connectivity index (χ4v) is 4.07. The van der Waals surface area contributed by atoms with Gasteiger partial charge >= 0.3 is 5.97 Å². The molecule has 0 aliphatic carbocycles. The third-order valence-corrected chi connectivity index (χ3v) is 5.79. The highest BCUT2D eigenvalue weighted by atomic mass is 16.6. The van der Waals surface area contributed by atoms with Crippen molar-refractivity contribution in [2.45, 2.75) is 25.9 Å². The zero-order chi connectivity index (χ0) is 22.8. The molecule has 1 amide bonds. The summed E-state index contributed by atoms with van der Waals surface area (Å²) in [6, 6.07) is 14.6. The summed E-state index contributed by atoms with van der Waals surface area (Å²) in [5.41, 5.74) is 1.73. The van der Waals surface area contributed by atoms with Gasteiger partial charge in [-0.2, -0.15) is 0 Å². The van der Waals surface area contributed by atoms with Crippen LogP contribution in [-0.2, 0) is 9.53 Å². The van der Waals surface area contributed by atoms with Crippen LogP contribution < -0.4 is 19.7 Å². The van der Waals surface area contributed by atoms with E-state index in [1.807, 2.05) is 24.3 Å². The van der Waals surface area contributed by atoms with Gasteiger partial charge in [0.05, 0.1) is 5.52 Å². The van der Waals surface area contributed by atoms with Crippen molar-refractivity contribution >= 4 is 34.3 Å². The molecule has 33 heavy (non-hydrogen) atoms. The van der Waals surface area contributed by atoms with E-state index in [2.05, 4.69) is 10.2 Å². The molecule has 1 fully saturated rings. The van der Waals surface area contributed by atoms with Gasteiger partial charge in [0.15, 0.2) is 17.6 Å². The molecule has 2 aromatic carbocycles. The average Bonchev–Trinajstić information content (AvgIpc) is 3.38. The minimum Gasteiger partial charge on any atom is -0.486 e. The highest BCUT2D eigenvalue weighted by molar-refractivity contribution is 6.02. The second-order valence-corrected chi connectivity index (χ2v) is 8.14. The van der Waals surface area contributed by atoms with Crippen LogP contribution in [0.25, 0.3) is 10.9 Å². The maximum Gasteiger partial charge on any atom is 0.342 e. The van der Waals surface area contributed by atoms with Gasteiger partial charge in [0, 0.05) is 30.2 Å². The lowest BCUT2D eigenvalue weighted by Crippen LogP contribution is -2.31. The number of hydrogen-bond donors (Lipinski definition) is 1. The second-order valence-electron chi connectivity index (χ2n) is 8.14. The van der Waals surface area contributed by atoms with Crippen molar-refractivity contribution in [2.75, 3.05) is 36.5 Å². The summed E-state index contributed by atoms with van der Waals surface area (Å²) in [5.74, 6) is 0.810. The molecule has 1 unspecified atom stereocenters. The van der Waals surface area contributed by atoms with E-state index in [0.717, 1.165) is 36.8 Å². The van der Waals surface area contributed by atoms with E-state index in [0.29, 0.717) is 41.8 Å². The predicted octanol–water partition coefficient (Wildman–Crippen LogP) is 3.79. The second kappa shape index (κ2) is 8.97. The number of fused-ring (bicyclic) bond motifs is 2. The van der Waals surface area contributed by atoms with Gasteiger partial charge in [0.1, 0.15) is 24.6 Å². The molecule has 5 rings (SSSR count). The molecule has 1 aromatic heterocycles. The Kier molecular flexibility index (Phi) is 5.73. The molecule has 0 bridgehead atoms. The van der Waals surface area contributed by atoms with Crippen molar-refractivity contribution in [3.05, 3.63) is 54.1 Å². The zero-order valence-corrected chi connectivity index (χ0v) is 18.4. The molecule has 2 aliphatic rings. The number of nitrogens with one attached hydrogen (secondary N) is 1. The summed E-state index contributed by atoms with van der Waals surface area (Å²) < 4.78 is 16.6. The Morgan fingerprint density at radius 1 is 1.03 bits per heavy atom. The number of para-hydroxylation sites is 1. The number of benzene rings is 2. The monoisotopic (exact) mass is 447 g/mol. The summed E-state index contributed by atoms with van der Waals surface area (Å²) in [6.45, 7) is 4.18. The van der Waals surface area contributed by atoms with Gasteiger partial charge in [-0.25, -0.2) is 9.78 Å². The number of carbonyl (C=O) groups excluding carboxylic acids is 2. The fraction of sp³-hybridized carbons (Fsp3) is 0.320. The molecule has 0 spiro atoms. The Balaban J connectivity index is 1.33. The number of carbonyl (C=O) groups is 2. The highest BCUT2D eigenvalue weighted by Crippen LogP contribution is 2.33. The van der Waals surface area contributed by atoms with Crippen molar-refractivity contribution in [2.24, 2.45) is 0 Å². The largest absolute Gasteiger partial charge is 0.486 e. The topological polar surface area (TPSA) is 90.0 Å². The predicted molar refractivity (Wildman–Crippen MR) is 124 cm³/mol. The smallest absolute Gasteiger partial charge is 0.342 e. The molecular weight excluding hydrogens is 422 g/mol. The zero-order valence-electron chi connectivity index (χ0n) is 18.4. The van der Waals surface area contributed by atoms with E-state index < -0.39 is 18.0 Å². The van der Waals surface area contributed by atoms with Crippen LogP contribution in [0, 0.1) is 0 Å². The summed E-state index contributed by atoms with van der Waals surface area (Å²) >= 11 is 0. The number of esters is 1. The van der Waals surface area contributed by atoms with Crippen LogP contribution in [-0.4, -0.2) is 49.3 Å². The minimum absolute atomic E-state index is 0.370. The molecule has 1 saturated heterocycles. The van der Waals surface area contributed by atoms with Crippen LogP contribution in [0.5, 0.6) is 11.5 Å². The lowest BCUT2D eigenvalue weighted by atomic mass is 10.1. The number of rotatable bonds is 5. The van der Waals surface area contributed by atoms with Crippen molar-refractivity contribution in [3.8, 4) is 11.5 Å². The van der Waals surface area contributed by atoms with Gasteiger partial charge < -0.3 is 24.4 Å². The van der Waals surface area contributed by atoms with E-state index in [-0.39, 0.29) is 0 Å². The van der Waals surface area contributed by atoms with Gasteiger partial charge in [-0.1, -0.05) is 18.2 Å². The minimum atomic E-state index is -0.997. The van der Waals surface area contributed by atoms with Crippen LogP contribution in [0.3, 0.4) is 0 Å². The quantitative estimate of drug-likeness (QED) is 0.595. The maximum absolute atomic E-state index is 13.1.